The summed E-state index contributed by atoms with van der Waals surface area (Å²) in [6.45, 7) is 0.120. The first-order chi connectivity index (χ1) is 20.4. The van der Waals surface area contributed by atoms with Gasteiger partial charge in [-0.15, -0.1) is 0 Å². The standard InChI is InChI=1S/C38H25BN2/c1-3-14-26(15-4-1)28-18-7-9-21-31(28)39-32-22-10-12-25-35(32)41-37-30(20-13-23-33(37)39)36-29-19-8-11-24-34(29)40(38(36)41)27-16-5-2-6-17-27/h1-25H. The Morgan fingerprint density at radius 2 is 1.07 bits per heavy atom. The predicted molar refractivity (Wildman–Crippen MR) is 174 cm³/mol. The van der Waals surface area contributed by atoms with Crippen molar-refractivity contribution in [3.05, 3.63) is 152 Å². The highest BCUT2D eigenvalue weighted by Gasteiger charge is 2.36. The Kier molecular flexibility index (Phi) is 4.73. The van der Waals surface area contributed by atoms with E-state index in [2.05, 4.69) is 161 Å². The Labute approximate surface area is 238 Å². The molecule has 41 heavy (non-hydrogen) atoms. The number of aromatic nitrogens is 2. The highest BCUT2D eigenvalue weighted by Crippen LogP contribution is 2.41. The smallest absolute Gasteiger partial charge is 0.247 e. The van der Waals surface area contributed by atoms with Crippen LogP contribution >= 0.6 is 0 Å². The summed E-state index contributed by atoms with van der Waals surface area (Å²) in [5.41, 5.74) is 12.7. The van der Waals surface area contributed by atoms with Crippen LogP contribution in [-0.4, -0.2) is 15.8 Å². The lowest BCUT2D eigenvalue weighted by Crippen LogP contribution is -2.56. The fraction of sp³-hybridized carbons (Fsp3) is 0. The molecule has 0 saturated carbocycles. The molecule has 0 fully saturated rings. The van der Waals surface area contributed by atoms with E-state index in [1.54, 1.807) is 0 Å². The third-order valence-corrected chi connectivity index (χ3v) is 8.79. The maximum atomic E-state index is 2.53. The monoisotopic (exact) mass is 520 g/mol. The predicted octanol–water partition coefficient (Wildman–Crippen LogP) is 7.22. The molecule has 0 spiro atoms. The Bertz CT molecular complexity index is 2260. The molecule has 1 aliphatic heterocycles. The number of fused-ring (bicyclic) bond motifs is 7. The molecule has 3 heterocycles. The molecule has 0 N–H and O–H groups in total. The molecule has 0 amide bonds. The quantitative estimate of drug-likeness (QED) is 0.218. The van der Waals surface area contributed by atoms with E-state index in [1.165, 1.54) is 71.7 Å². The topological polar surface area (TPSA) is 9.86 Å². The number of benzene rings is 6. The zero-order chi connectivity index (χ0) is 26.9. The summed E-state index contributed by atoms with van der Waals surface area (Å²) in [6, 6.07) is 55.3. The van der Waals surface area contributed by atoms with E-state index in [-0.39, 0.29) is 6.71 Å². The van der Waals surface area contributed by atoms with Gasteiger partial charge in [-0.25, -0.2) is 0 Å². The van der Waals surface area contributed by atoms with Gasteiger partial charge in [0.2, 0.25) is 6.71 Å². The zero-order valence-electron chi connectivity index (χ0n) is 22.4. The Balaban J connectivity index is 1.46. The minimum atomic E-state index is 0.120. The summed E-state index contributed by atoms with van der Waals surface area (Å²) in [6.07, 6.45) is 0. The number of nitrogens with zero attached hydrogens (tertiary/aromatic N) is 2. The van der Waals surface area contributed by atoms with Gasteiger partial charge in [-0.3, -0.25) is 9.13 Å². The average Bonchev–Trinajstić information content (AvgIpc) is 3.56. The number of hydrogen-bond acceptors (Lipinski definition) is 0. The van der Waals surface area contributed by atoms with Crippen LogP contribution in [0.2, 0.25) is 0 Å². The highest BCUT2D eigenvalue weighted by atomic mass is 15.1. The van der Waals surface area contributed by atoms with E-state index < -0.39 is 0 Å². The highest BCUT2D eigenvalue weighted by molar-refractivity contribution is 6.98. The second-order valence-electron chi connectivity index (χ2n) is 10.9. The molecule has 0 bridgehead atoms. The van der Waals surface area contributed by atoms with Crippen LogP contribution in [0, 0.1) is 0 Å². The van der Waals surface area contributed by atoms with Crippen molar-refractivity contribution in [2.75, 3.05) is 0 Å². The first kappa shape index (κ1) is 22.5. The van der Waals surface area contributed by atoms with Gasteiger partial charge in [0, 0.05) is 27.5 Å². The third-order valence-electron chi connectivity index (χ3n) is 8.79. The SMILES string of the molecule is c1ccc(-c2ccccc2B2c3ccccc3-n3c4c2cccc4c2c4ccccc4n(-c4ccccc4)c23)cc1. The van der Waals surface area contributed by atoms with Crippen molar-refractivity contribution in [1.82, 2.24) is 9.13 Å². The van der Waals surface area contributed by atoms with Crippen LogP contribution in [0.5, 0.6) is 0 Å². The molecule has 2 nitrogen and oxygen atoms in total. The van der Waals surface area contributed by atoms with Crippen LogP contribution in [-0.2, 0) is 0 Å². The second kappa shape index (κ2) is 8.61. The Morgan fingerprint density at radius 1 is 0.439 bits per heavy atom. The molecule has 0 unspecified atom stereocenters. The maximum Gasteiger partial charge on any atom is 0.247 e. The van der Waals surface area contributed by atoms with Crippen molar-refractivity contribution >= 4 is 55.9 Å². The molecular weight excluding hydrogens is 495 g/mol. The van der Waals surface area contributed by atoms with Gasteiger partial charge in [0.25, 0.3) is 0 Å². The van der Waals surface area contributed by atoms with Crippen LogP contribution in [0.1, 0.15) is 0 Å². The van der Waals surface area contributed by atoms with E-state index in [9.17, 15) is 0 Å². The molecule has 3 heteroatoms. The second-order valence-corrected chi connectivity index (χ2v) is 10.9. The van der Waals surface area contributed by atoms with Gasteiger partial charge in [-0.05, 0) is 46.3 Å². The third kappa shape index (κ3) is 3.09. The normalized spacial score (nSPS) is 12.3. The molecule has 8 aromatic rings. The molecule has 6 aromatic carbocycles. The van der Waals surface area contributed by atoms with Gasteiger partial charge in [0.15, 0.2) is 0 Å². The van der Waals surface area contributed by atoms with E-state index in [1.807, 2.05) is 0 Å². The van der Waals surface area contributed by atoms with Crippen molar-refractivity contribution < 1.29 is 0 Å². The van der Waals surface area contributed by atoms with Crippen LogP contribution in [0.15, 0.2) is 152 Å². The molecule has 1 aliphatic rings. The van der Waals surface area contributed by atoms with E-state index in [4.69, 9.17) is 0 Å². The molecule has 0 atom stereocenters. The Hall–Kier alpha value is -5.28. The molecule has 9 rings (SSSR count). The van der Waals surface area contributed by atoms with Gasteiger partial charge >= 0.3 is 0 Å². The zero-order valence-corrected chi connectivity index (χ0v) is 22.4. The van der Waals surface area contributed by atoms with Crippen molar-refractivity contribution in [2.45, 2.75) is 0 Å². The van der Waals surface area contributed by atoms with Crippen molar-refractivity contribution in [3.63, 3.8) is 0 Å². The van der Waals surface area contributed by atoms with Gasteiger partial charge in [-0.1, -0.05) is 133 Å². The summed E-state index contributed by atoms with van der Waals surface area (Å²) in [5, 5.41) is 3.90. The van der Waals surface area contributed by atoms with E-state index in [0.717, 1.165) is 0 Å². The minimum absolute atomic E-state index is 0.120. The fourth-order valence-electron chi connectivity index (χ4n) is 7.20. The molecular formula is C38H25BN2. The van der Waals surface area contributed by atoms with E-state index >= 15 is 0 Å². The van der Waals surface area contributed by atoms with Crippen LogP contribution in [0.4, 0.5) is 0 Å². The van der Waals surface area contributed by atoms with Crippen LogP contribution in [0.25, 0.3) is 55.3 Å². The first-order valence-electron chi connectivity index (χ1n) is 14.3. The summed E-state index contributed by atoms with van der Waals surface area (Å²) < 4.78 is 4.98. The van der Waals surface area contributed by atoms with Gasteiger partial charge in [0.1, 0.15) is 5.65 Å². The lowest BCUT2D eigenvalue weighted by molar-refractivity contribution is 1.07. The largest absolute Gasteiger partial charge is 0.296 e. The molecule has 0 saturated heterocycles. The lowest BCUT2D eigenvalue weighted by atomic mass is 9.34. The number of rotatable bonds is 3. The first-order valence-corrected chi connectivity index (χ1v) is 14.3. The minimum Gasteiger partial charge on any atom is -0.296 e. The van der Waals surface area contributed by atoms with Gasteiger partial charge < -0.3 is 0 Å². The summed E-state index contributed by atoms with van der Waals surface area (Å²) in [4.78, 5) is 0. The van der Waals surface area contributed by atoms with Gasteiger partial charge in [-0.2, -0.15) is 0 Å². The van der Waals surface area contributed by atoms with Crippen LogP contribution < -0.4 is 16.4 Å². The Morgan fingerprint density at radius 3 is 1.93 bits per heavy atom. The maximum absolute atomic E-state index is 2.53. The van der Waals surface area contributed by atoms with Gasteiger partial charge in [0.05, 0.1) is 11.0 Å². The van der Waals surface area contributed by atoms with Crippen molar-refractivity contribution in [2.24, 2.45) is 0 Å². The average molecular weight is 520 g/mol. The fourth-order valence-corrected chi connectivity index (χ4v) is 7.20. The summed E-state index contributed by atoms with van der Waals surface area (Å²) in [7, 11) is 0. The molecule has 2 aromatic heterocycles. The van der Waals surface area contributed by atoms with Crippen molar-refractivity contribution in [1.29, 1.82) is 0 Å². The molecule has 0 radical (unpaired) electrons. The molecule has 0 aliphatic carbocycles. The number of para-hydroxylation sites is 4. The molecule has 190 valence electrons. The lowest BCUT2D eigenvalue weighted by Gasteiger charge is -2.28. The summed E-state index contributed by atoms with van der Waals surface area (Å²) >= 11 is 0. The van der Waals surface area contributed by atoms with Crippen LogP contribution in [0.3, 0.4) is 0 Å². The van der Waals surface area contributed by atoms with Crippen molar-refractivity contribution in [3.8, 4) is 22.5 Å². The van der Waals surface area contributed by atoms with E-state index in [0.29, 0.717) is 0 Å². The summed E-state index contributed by atoms with van der Waals surface area (Å²) in [5.74, 6) is 0. The number of hydrogen-bond donors (Lipinski definition) is 0.